The highest BCUT2D eigenvalue weighted by molar-refractivity contribution is 5.94. The van der Waals surface area contributed by atoms with Crippen LogP contribution >= 0.6 is 0 Å². The van der Waals surface area contributed by atoms with Gasteiger partial charge in [0.05, 0.1) is 6.54 Å². The van der Waals surface area contributed by atoms with E-state index in [4.69, 9.17) is 0 Å². The van der Waals surface area contributed by atoms with Gasteiger partial charge in [0.25, 0.3) is 0 Å². The summed E-state index contributed by atoms with van der Waals surface area (Å²) in [5, 5.41) is 5.61. The smallest absolute Gasteiger partial charge is 0.243 e. The van der Waals surface area contributed by atoms with Crippen LogP contribution < -0.4 is 10.6 Å². The molecular formula is C15H23FN4O. The summed E-state index contributed by atoms with van der Waals surface area (Å²) >= 11 is 0. The van der Waals surface area contributed by atoms with Gasteiger partial charge in [-0.25, -0.2) is 4.39 Å². The number of anilines is 1. The van der Waals surface area contributed by atoms with Crippen molar-refractivity contribution in [2.45, 2.75) is 19.8 Å². The highest BCUT2D eigenvalue weighted by Gasteiger charge is 2.08. The fraction of sp³-hybridized carbons (Fsp3) is 0.467. The average molecular weight is 294 g/mol. The molecule has 0 spiro atoms. The maximum Gasteiger partial charge on any atom is 0.243 e. The third-order valence-electron chi connectivity index (χ3n) is 2.94. The van der Waals surface area contributed by atoms with Crippen LogP contribution in [0.15, 0.2) is 29.3 Å². The van der Waals surface area contributed by atoms with Gasteiger partial charge < -0.3 is 15.5 Å². The van der Waals surface area contributed by atoms with Crippen LogP contribution in [0.1, 0.15) is 19.8 Å². The summed E-state index contributed by atoms with van der Waals surface area (Å²) in [5.41, 5.74) is 0.441. The van der Waals surface area contributed by atoms with E-state index in [9.17, 15) is 9.18 Å². The number of unbranched alkanes of at least 4 members (excludes halogenated alkanes) is 1. The molecule has 1 amide bonds. The molecule has 6 heteroatoms. The number of halogens is 1. The molecule has 1 rings (SSSR count). The van der Waals surface area contributed by atoms with Gasteiger partial charge in [-0.15, -0.1) is 0 Å². The van der Waals surface area contributed by atoms with E-state index in [1.165, 1.54) is 12.1 Å². The Labute approximate surface area is 125 Å². The Morgan fingerprint density at radius 1 is 1.43 bits per heavy atom. The summed E-state index contributed by atoms with van der Waals surface area (Å²) in [6, 6.07) is 5.80. The normalized spacial score (nSPS) is 11.1. The summed E-state index contributed by atoms with van der Waals surface area (Å²) in [6.07, 6.45) is 2.16. The number of hydrogen-bond acceptors (Lipinski definition) is 2. The minimum atomic E-state index is -0.379. The standard InChI is InChI=1S/C15H23FN4O/c1-4-5-9-20(3)15(17-2)18-11-14(21)19-13-8-6-7-12(16)10-13/h6-8,10H,4-5,9,11H2,1-3H3,(H,17,18)(H,19,21). The highest BCUT2D eigenvalue weighted by Crippen LogP contribution is 2.08. The molecule has 0 aliphatic rings. The summed E-state index contributed by atoms with van der Waals surface area (Å²) < 4.78 is 13.0. The lowest BCUT2D eigenvalue weighted by Gasteiger charge is -2.21. The molecule has 0 unspecified atom stereocenters. The van der Waals surface area contributed by atoms with Gasteiger partial charge in [0.15, 0.2) is 5.96 Å². The molecule has 0 aromatic heterocycles. The summed E-state index contributed by atoms with van der Waals surface area (Å²) in [4.78, 5) is 17.9. The average Bonchev–Trinajstić information content (AvgIpc) is 2.45. The van der Waals surface area contributed by atoms with E-state index in [0.717, 1.165) is 19.4 Å². The molecule has 21 heavy (non-hydrogen) atoms. The van der Waals surface area contributed by atoms with Crippen molar-refractivity contribution in [3.05, 3.63) is 30.1 Å². The molecule has 2 N–H and O–H groups in total. The second kappa shape index (κ2) is 8.94. The third-order valence-corrected chi connectivity index (χ3v) is 2.94. The number of carbonyl (C=O) groups excluding carboxylic acids is 1. The first-order valence-electron chi connectivity index (χ1n) is 7.04. The number of nitrogens with zero attached hydrogens (tertiary/aromatic N) is 2. The lowest BCUT2D eigenvalue weighted by molar-refractivity contribution is -0.115. The second-order valence-electron chi connectivity index (χ2n) is 4.73. The quantitative estimate of drug-likeness (QED) is 0.624. The van der Waals surface area contributed by atoms with E-state index in [1.54, 1.807) is 19.2 Å². The molecular weight excluding hydrogens is 271 g/mol. The summed E-state index contributed by atoms with van der Waals surface area (Å²) in [5.74, 6) is 0.0411. The topological polar surface area (TPSA) is 56.7 Å². The number of benzene rings is 1. The zero-order valence-corrected chi connectivity index (χ0v) is 12.8. The Morgan fingerprint density at radius 3 is 2.81 bits per heavy atom. The Hall–Kier alpha value is -2.11. The Bertz CT molecular complexity index is 490. The van der Waals surface area contributed by atoms with Gasteiger partial charge in [0, 0.05) is 26.3 Å². The van der Waals surface area contributed by atoms with Crippen LogP contribution in [-0.4, -0.2) is 44.0 Å². The monoisotopic (exact) mass is 294 g/mol. The number of carbonyl (C=O) groups is 1. The van der Waals surface area contributed by atoms with Crippen molar-refractivity contribution in [3.63, 3.8) is 0 Å². The Morgan fingerprint density at radius 2 is 2.19 bits per heavy atom. The minimum absolute atomic E-state index is 0.0830. The predicted molar refractivity (Wildman–Crippen MR) is 83.9 cm³/mol. The fourth-order valence-electron chi connectivity index (χ4n) is 1.82. The molecule has 0 saturated heterocycles. The van der Waals surface area contributed by atoms with Crippen molar-refractivity contribution in [2.75, 3.05) is 32.5 Å². The van der Waals surface area contributed by atoms with Crippen molar-refractivity contribution < 1.29 is 9.18 Å². The van der Waals surface area contributed by atoms with E-state index in [-0.39, 0.29) is 18.3 Å². The van der Waals surface area contributed by atoms with Gasteiger partial charge in [-0.05, 0) is 24.6 Å². The van der Waals surface area contributed by atoms with Crippen molar-refractivity contribution >= 4 is 17.6 Å². The van der Waals surface area contributed by atoms with Crippen molar-refractivity contribution in [1.82, 2.24) is 10.2 Å². The van der Waals surface area contributed by atoms with Crippen LogP contribution in [-0.2, 0) is 4.79 Å². The number of nitrogens with one attached hydrogen (secondary N) is 2. The number of rotatable bonds is 6. The number of aliphatic imine (C=N–C) groups is 1. The molecule has 0 bridgehead atoms. The summed E-state index contributed by atoms with van der Waals surface area (Å²) in [6.45, 7) is 3.08. The van der Waals surface area contributed by atoms with Crippen molar-refractivity contribution in [1.29, 1.82) is 0 Å². The zero-order chi connectivity index (χ0) is 15.7. The lowest BCUT2D eigenvalue weighted by atomic mass is 10.3. The number of hydrogen-bond donors (Lipinski definition) is 2. The molecule has 5 nitrogen and oxygen atoms in total. The Kier molecular flexibility index (Phi) is 7.21. The third kappa shape index (κ3) is 6.25. The van der Waals surface area contributed by atoms with Crippen LogP contribution in [0, 0.1) is 5.82 Å². The maximum atomic E-state index is 13.0. The van der Waals surface area contributed by atoms with Gasteiger partial charge in [-0.2, -0.15) is 0 Å². The number of guanidine groups is 1. The van der Waals surface area contributed by atoms with E-state index in [2.05, 4.69) is 22.5 Å². The van der Waals surface area contributed by atoms with Crippen LogP contribution in [0.4, 0.5) is 10.1 Å². The SMILES string of the molecule is CCCCN(C)C(=NC)NCC(=O)Nc1cccc(F)c1. The van der Waals surface area contributed by atoms with Gasteiger partial charge >= 0.3 is 0 Å². The largest absolute Gasteiger partial charge is 0.347 e. The molecule has 0 heterocycles. The van der Waals surface area contributed by atoms with E-state index in [1.807, 2.05) is 11.9 Å². The molecule has 0 aliphatic heterocycles. The van der Waals surface area contributed by atoms with Crippen molar-refractivity contribution in [3.8, 4) is 0 Å². The molecule has 1 aromatic rings. The van der Waals surface area contributed by atoms with Gasteiger partial charge in [0.2, 0.25) is 5.91 Å². The number of amides is 1. The van der Waals surface area contributed by atoms with Gasteiger partial charge in [0.1, 0.15) is 5.82 Å². The maximum absolute atomic E-state index is 13.0. The van der Waals surface area contributed by atoms with Crippen LogP contribution in [0.3, 0.4) is 0 Å². The first kappa shape index (κ1) is 16.9. The van der Waals surface area contributed by atoms with Crippen LogP contribution in [0.5, 0.6) is 0 Å². The van der Waals surface area contributed by atoms with E-state index < -0.39 is 0 Å². The molecule has 116 valence electrons. The molecule has 0 atom stereocenters. The Balaban J connectivity index is 2.44. The van der Waals surface area contributed by atoms with Gasteiger partial charge in [-0.3, -0.25) is 9.79 Å². The second-order valence-corrected chi connectivity index (χ2v) is 4.73. The fourth-order valence-corrected chi connectivity index (χ4v) is 1.82. The van der Waals surface area contributed by atoms with Crippen molar-refractivity contribution in [2.24, 2.45) is 4.99 Å². The molecule has 1 aromatic carbocycles. The first-order chi connectivity index (χ1) is 10.1. The van der Waals surface area contributed by atoms with Crippen LogP contribution in [0.25, 0.3) is 0 Å². The van der Waals surface area contributed by atoms with E-state index in [0.29, 0.717) is 11.6 Å². The first-order valence-corrected chi connectivity index (χ1v) is 7.04. The molecule has 0 fully saturated rings. The minimum Gasteiger partial charge on any atom is -0.347 e. The summed E-state index contributed by atoms with van der Waals surface area (Å²) in [7, 11) is 3.60. The zero-order valence-electron chi connectivity index (χ0n) is 12.8. The van der Waals surface area contributed by atoms with E-state index >= 15 is 0 Å². The van der Waals surface area contributed by atoms with Crippen LogP contribution in [0.2, 0.25) is 0 Å². The van der Waals surface area contributed by atoms with Gasteiger partial charge in [-0.1, -0.05) is 19.4 Å². The highest BCUT2D eigenvalue weighted by atomic mass is 19.1. The molecule has 0 aliphatic carbocycles. The lowest BCUT2D eigenvalue weighted by Crippen LogP contribution is -2.42. The predicted octanol–water partition coefficient (Wildman–Crippen LogP) is 2.07. The molecule has 0 radical (unpaired) electrons. The molecule has 0 saturated carbocycles.